The van der Waals surface area contributed by atoms with Gasteiger partial charge in [0.1, 0.15) is 5.75 Å². The zero-order chi connectivity index (χ0) is 14.1. The monoisotopic (exact) mass is 261 g/mol. The molecule has 19 heavy (non-hydrogen) atoms. The number of hydrogen-bond acceptors (Lipinski definition) is 2. The molecule has 0 saturated heterocycles. The fraction of sp³-hybridized carbons (Fsp3) is 0.529. The molecule has 1 aromatic rings. The van der Waals surface area contributed by atoms with E-state index in [0.29, 0.717) is 6.04 Å². The second-order valence-electron chi connectivity index (χ2n) is 5.14. The lowest BCUT2D eigenvalue weighted by Gasteiger charge is -2.18. The Hall–Kier alpha value is -1.28. The summed E-state index contributed by atoms with van der Waals surface area (Å²) < 4.78 is 5.18. The van der Waals surface area contributed by atoms with Crippen LogP contribution in [0.3, 0.4) is 0 Å². The largest absolute Gasteiger partial charge is 0.497 e. The molecule has 0 heterocycles. The Morgan fingerprint density at radius 1 is 1.26 bits per heavy atom. The Balaban J connectivity index is 2.42. The number of rotatable bonds is 9. The number of nitrogens with one attached hydrogen (secondary N) is 1. The van der Waals surface area contributed by atoms with Gasteiger partial charge in [-0.25, -0.2) is 0 Å². The van der Waals surface area contributed by atoms with E-state index in [1.807, 2.05) is 12.1 Å². The van der Waals surface area contributed by atoms with Crippen molar-refractivity contribution < 1.29 is 4.74 Å². The van der Waals surface area contributed by atoms with Crippen molar-refractivity contribution in [2.24, 2.45) is 0 Å². The molecule has 1 unspecified atom stereocenters. The summed E-state index contributed by atoms with van der Waals surface area (Å²) in [5.41, 5.74) is 2.64. The average Bonchev–Trinajstić information content (AvgIpc) is 2.42. The number of benzene rings is 1. The first-order chi connectivity index (χ1) is 9.15. The van der Waals surface area contributed by atoms with Crippen LogP contribution in [0, 0.1) is 0 Å². The molecule has 2 nitrogen and oxygen atoms in total. The molecule has 0 aliphatic rings. The van der Waals surface area contributed by atoms with Crippen molar-refractivity contribution in [3.05, 3.63) is 42.0 Å². The smallest absolute Gasteiger partial charge is 0.118 e. The van der Waals surface area contributed by atoms with Crippen LogP contribution in [0.5, 0.6) is 5.75 Å². The summed E-state index contributed by atoms with van der Waals surface area (Å²) in [5, 5.41) is 3.56. The van der Waals surface area contributed by atoms with Gasteiger partial charge in [0.25, 0.3) is 0 Å². The minimum absolute atomic E-state index is 0.587. The van der Waals surface area contributed by atoms with Gasteiger partial charge in [-0.05, 0) is 56.8 Å². The second kappa shape index (κ2) is 8.76. The van der Waals surface area contributed by atoms with Crippen LogP contribution in [0.4, 0.5) is 0 Å². The number of ether oxygens (including phenoxy) is 1. The molecule has 0 spiro atoms. The fourth-order valence-electron chi connectivity index (χ4n) is 2.19. The van der Waals surface area contributed by atoms with Gasteiger partial charge in [-0.2, -0.15) is 0 Å². The molecule has 0 aliphatic heterocycles. The lowest BCUT2D eigenvalue weighted by molar-refractivity contribution is 0.414. The Morgan fingerprint density at radius 3 is 2.47 bits per heavy atom. The maximum absolute atomic E-state index is 5.18. The third-order valence-corrected chi connectivity index (χ3v) is 3.35. The van der Waals surface area contributed by atoms with Crippen LogP contribution in [0.2, 0.25) is 0 Å². The summed E-state index contributed by atoms with van der Waals surface area (Å²) in [7, 11) is 1.70. The van der Waals surface area contributed by atoms with E-state index in [1.165, 1.54) is 24.0 Å². The van der Waals surface area contributed by atoms with E-state index in [0.717, 1.165) is 25.1 Å². The topological polar surface area (TPSA) is 21.3 Å². The second-order valence-corrected chi connectivity index (χ2v) is 5.14. The van der Waals surface area contributed by atoms with Gasteiger partial charge < -0.3 is 10.1 Å². The summed E-state index contributed by atoms with van der Waals surface area (Å²) in [6.45, 7) is 9.29. The summed E-state index contributed by atoms with van der Waals surface area (Å²) in [5.74, 6) is 0.925. The predicted molar refractivity (Wildman–Crippen MR) is 82.8 cm³/mol. The summed E-state index contributed by atoms with van der Waals surface area (Å²) in [6.07, 6.45) is 4.57. The Labute approximate surface area is 117 Å². The minimum Gasteiger partial charge on any atom is -0.497 e. The molecule has 0 saturated carbocycles. The van der Waals surface area contributed by atoms with Crippen LogP contribution in [0.25, 0.3) is 0 Å². The Kier molecular flexibility index (Phi) is 7.27. The van der Waals surface area contributed by atoms with E-state index in [2.05, 4.69) is 37.9 Å². The Morgan fingerprint density at radius 2 is 1.95 bits per heavy atom. The van der Waals surface area contributed by atoms with Crippen molar-refractivity contribution in [1.82, 2.24) is 5.32 Å². The number of hydrogen-bond donors (Lipinski definition) is 1. The van der Waals surface area contributed by atoms with Crippen molar-refractivity contribution in [1.29, 1.82) is 0 Å². The first-order valence-electron chi connectivity index (χ1n) is 7.16. The molecule has 1 aromatic carbocycles. The number of allylic oxidation sites excluding steroid dienone is 1. The third kappa shape index (κ3) is 6.44. The lowest BCUT2D eigenvalue weighted by atomic mass is 10.00. The quantitative estimate of drug-likeness (QED) is 0.679. The van der Waals surface area contributed by atoms with Gasteiger partial charge in [-0.1, -0.05) is 24.6 Å². The van der Waals surface area contributed by atoms with E-state index in [4.69, 9.17) is 4.74 Å². The molecule has 2 heteroatoms. The summed E-state index contributed by atoms with van der Waals surface area (Å²) in [6, 6.07) is 8.96. The number of methoxy groups -OCH3 is 1. The zero-order valence-electron chi connectivity index (χ0n) is 12.5. The molecule has 0 radical (unpaired) electrons. The average molecular weight is 261 g/mol. The van der Waals surface area contributed by atoms with Crippen LogP contribution >= 0.6 is 0 Å². The molecule has 0 fully saturated rings. The lowest BCUT2D eigenvalue weighted by Crippen LogP contribution is -2.29. The number of aryl methyl sites for hydroxylation is 1. The first kappa shape index (κ1) is 15.8. The maximum Gasteiger partial charge on any atom is 0.118 e. The van der Waals surface area contributed by atoms with Crippen LogP contribution in [0.15, 0.2) is 36.4 Å². The van der Waals surface area contributed by atoms with Gasteiger partial charge in [0.15, 0.2) is 0 Å². The molecule has 106 valence electrons. The molecular weight excluding hydrogens is 234 g/mol. The highest BCUT2D eigenvalue weighted by atomic mass is 16.5. The molecule has 0 aromatic heterocycles. The van der Waals surface area contributed by atoms with Crippen LogP contribution in [-0.4, -0.2) is 19.7 Å². The van der Waals surface area contributed by atoms with Crippen LogP contribution < -0.4 is 10.1 Å². The van der Waals surface area contributed by atoms with Crippen molar-refractivity contribution in [2.45, 2.75) is 45.6 Å². The summed E-state index contributed by atoms with van der Waals surface area (Å²) in [4.78, 5) is 0. The van der Waals surface area contributed by atoms with E-state index in [1.54, 1.807) is 7.11 Å². The zero-order valence-corrected chi connectivity index (χ0v) is 12.5. The fourth-order valence-corrected chi connectivity index (χ4v) is 2.19. The molecule has 1 rings (SSSR count). The normalized spacial score (nSPS) is 12.2. The highest BCUT2D eigenvalue weighted by molar-refractivity contribution is 5.27. The molecule has 1 N–H and O–H groups in total. The van der Waals surface area contributed by atoms with Gasteiger partial charge in [0.05, 0.1) is 7.11 Å². The van der Waals surface area contributed by atoms with Gasteiger partial charge in [0, 0.05) is 6.04 Å². The highest BCUT2D eigenvalue weighted by Crippen LogP contribution is 2.15. The van der Waals surface area contributed by atoms with E-state index >= 15 is 0 Å². The van der Waals surface area contributed by atoms with Gasteiger partial charge >= 0.3 is 0 Å². The van der Waals surface area contributed by atoms with Gasteiger partial charge in [-0.15, -0.1) is 6.58 Å². The van der Waals surface area contributed by atoms with Crippen LogP contribution in [0.1, 0.15) is 38.7 Å². The highest BCUT2D eigenvalue weighted by Gasteiger charge is 2.07. The Bertz CT molecular complexity index is 369. The SMILES string of the molecule is C=C(C)CCC(CCc1ccc(OC)cc1)NCC. The molecule has 1 atom stereocenters. The van der Waals surface area contributed by atoms with Crippen molar-refractivity contribution >= 4 is 0 Å². The van der Waals surface area contributed by atoms with E-state index < -0.39 is 0 Å². The predicted octanol–water partition coefficient (Wildman–Crippen LogP) is 3.96. The molecule has 0 amide bonds. The van der Waals surface area contributed by atoms with Crippen molar-refractivity contribution in [3.8, 4) is 5.75 Å². The van der Waals surface area contributed by atoms with E-state index in [9.17, 15) is 0 Å². The molecular formula is C17H27NO. The first-order valence-corrected chi connectivity index (χ1v) is 7.16. The van der Waals surface area contributed by atoms with Crippen LogP contribution in [-0.2, 0) is 6.42 Å². The summed E-state index contributed by atoms with van der Waals surface area (Å²) >= 11 is 0. The maximum atomic E-state index is 5.18. The van der Waals surface area contributed by atoms with Crippen molar-refractivity contribution in [3.63, 3.8) is 0 Å². The molecule has 0 aliphatic carbocycles. The standard InChI is InChI=1S/C17H27NO/c1-5-18-16(10-6-14(2)3)11-7-15-8-12-17(19-4)13-9-15/h8-9,12-13,16,18H,2,5-7,10-11H2,1,3-4H3. The van der Waals surface area contributed by atoms with Gasteiger partial charge in [-0.3, -0.25) is 0 Å². The molecule has 0 bridgehead atoms. The van der Waals surface area contributed by atoms with E-state index in [-0.39, 0.29) is 0 Å². The third-order valence-electron chi connectivity index (χ3n) is 3.35. The minimum atomic E-state index is 0.587. The van der Waals surface area contributed by atoms with Gasteiger partial charge in [0.2, 0.25) is 0 Å². The van der Waals surface area contributed by atoms with Crippen molar-refractivity contribution in [2.75, 3.05) is 13.7 Å².